The molecule has 3 aromatic rings. The molecule has 3 aromatic carbocycles. The highest BCUT2D eigenvalue weighted by Crippen LogP contribution is 2.56. The molecule has 0 saturated carbocycles. The summed E-state index contributed by atoms with van der Waals surface area (Å²) < 4.78 is 12.0. The third-order valence-corrected chi connectivity index (χ3v) is 6.44. The first-order valence-electron chi connectivity index (χ1n) is 8.76. The first-order chi connectivity index (χ1) is 14.0. The van der Waals surface area contributed by atoms with E-state index in [0.29, 0.717) is 49.7 Å². The molecule has 0 atom stereocenters. The van der Waals surface area contributed by atoms with E-state index in [1.54, 1.807) is 24.3 Å². The second-order valence-corrected chi connectivity index (χ2v) is 8.05. The number of hydrogen-bond acceptors (Lipinski definition) is 7. The number of carbonyl (C=O) groups excluding carboxylic acids is 1. The van der Waals surface area contributed by atoms with Crippen LogP contribution in [-0.4, -0.2) is 31.6 Å². The van der Waals surface area contributed by atoms with Crippen molar-refractivity contribution in [2.75, 3.05) is 0 Å². The summed E-state index contributed by atoms with van der Waals surface area (Å²) in [6, 6.07) is 12.9. The Bertz CT molecular complexity index is 1230. The van der Waals surface area contributed by atoms with Gasteiger partial charge in [0, 0.05) is 39.1 Å². The maximum absolute atomic E-state index is 13.0. The molecule has 0 aliphatic carbocycles. The molecule has 0 fully saturated rings. The molecule has 5 rings (SSSR count). The number of thiocarbonyl (C=S) groups is 1. The Morgan fingerprint density at radius 2 is 1.55 bits per heavy atom. The highest BCUT2D eigenvalue weighted by atomic mass is 32.1. The number of aliphatic imine (C=N–C) groups is 1. The van der Waals surface area contributed by atoms with Crippen molar-refractivity contribution in [1.29, 1.82) is 0 Å². The Morgan fingerprint density at radius 3 is 2.14 bits per heavy atom. The van der Waals surface area contributed by atoms with E-state index in [1.165, 1.54) is 24.3 Å². The Hall–Kier alpha value is -3.45. The number of nitrogens with zero attached hydrogens (tertiary/aromatic N) is 1. The maximum atomic E-state index is 13.0. The zero-order valence-electron chi connectivity index (χ0n) is 15.1. The summed E-state index contributed by atoms with van der Waals surface area (Å²) in [4.78, 5) is 17.1. The van der Waals surface area contributed by atoms with E-state index in [1.807, 2.05) is 0 Å². The molecule has 0 unspecified atom stereocenters. The molecule has 142 valence electrons. The number of isothiocyanates is 1. The van der Waals surface area contributed by atoms with E-state index >= 15 is 0 Å². The van der Waals surface area contributed by atoms with Crippen LogP contribution in [-0.2, 0) is 10.3 Å². The molecular weight excluding hydrogens is 406 g/mol. The summed E-state index contributed by atoms with van der Waals surface area (Å²) in [6.45, 7) is 0. The van der Waals surface area contributed by atoms with Gasteiger partial charge in [-0.05, 0) is 47.7 Å². The van der Waals surface area contributed by atoms with E-state index in [0.717, 1.165) is 5.19 Å². The van der Waals surface area contributed by atoms with Crippen molar-refractivity contribution in [2.45, 2.75) is 5.60 Å². The summed E-state index contributed by atoms with van der Waals surface area (Å²) in [6.07, 6.45) is 0. The molecule has 1 spiro atoms. The van der Waals surface area contributed by atoms with Gasteiger partial charge < -0.3 is 19.7 Å². The summed E-state index contributed by atoms with van der Waals surface area (Å²) in [7, 11) is 0.549. The number of fused-ring (bicyclic) bond motifs is 6. The van der Waals surface area contributed by atoms with Crippen LogP contribution in [0.1, 0.15) is 27.0 Å². The molecule has 0 aromatic heterocycles. The quantitative estimate of drug-likeness (QED) is 0.273. The monoisotopic (exact) mass is 419 g/mol. The van der Waals surface area contributed by atoms with Gasteiger partial charge in [0.2, 0.25) is 0 Å². The van der Waals surface area contributed by atoms with E-state index in [4.69, 9.17) is 21.7 Å². The highest BCUT2D eigenvalue weighted by Gasteiger charge is 2.54. The third-order valence-electron chi connectivity index (χ3n) is 5.34. The van der Waals surface area contributed by atoms with Gasteiger partial charge in [0.15, 0.2) is 5.60 Å². The fourth-order valence-corrected chi connectivity index (χ4v) is 4.96. The minimum Gasteiger partial charge on any atom is -0.508 e. The topological polar surface area (TPSA) is 88.4 Å². The lowest BCUT2D eigenvalue weighted by atomic mass is 9.77. The van der Waals surface area contributed by atoms with Crippen molar-refractivity contribution < 1.29 is 24.5 Å². The van der Waals surface area contributed by atoms with Gasteiger partial charge in [0.25, 0.3) is 0 Å². The number of phenols is 2. The van der Waals surface area contributed by atoms with Gasteiger partial charge in [-0.15, -0.1) is 0 Å². The number of rotatable bonds is 1. The fourth-order valence-electron chi connectivity index (χ4n) is 4.11. The number of ether oxygens (including phenoxy) is 2. The van der Waals surface area contributed by atoms with E-state index in [-0.39, 0.29) is 11.5 Å². The van der Waals surface area contributed by atoms with Crippen molar-refractivity contribution >= 4 is 44.5 Å². The Balaban J connectivity index is 1.89. The molecule has 2 heterocycles. The first-order valence-corrected chi connectivity index (χ1v) is 10.2. The number of benzene rings is 3. The number of hydrogen-bond donors (Lipinski definition) is 2. The lowest BCUT2D eigenvalue weighted by Gasteiger charge is -2.36. The number of carbonyl (C=O) groups is 1. The van der Waals surface area contributed by atoms with Gasteiger partial charge in [0.1, 0.15) is 23.0 Å². The number of aromatic hydroxyl groups is 2. The average Bonchev–Trinajstić information content (AvgIpc) is 2.97. The Kier molecular flexibility index (Phi) is 3.66. The second kappa shape index (κ2) is 6.02. The fraction of sp³-hybridized carbons (Fsp3) is 0.0476. The van der Waals surface area contributed by atoms with Gasteiger partial charge in [-0.25, -0.2) is 4.79 Å². The van der Waals surface area contributed by atoms with Gasteiger partial charge in [-0.2, -0.15) is 4.99 Å². The maximum Gasteiger partial charge on any atom is 0.340 e. The normalized spacial score (nSPS) is 15.0. The van der Waals surface area contributed by atoms with Gasteiger partial charge in [0.05, 0.1) is 16.4 Å². The summed E-state index contributed by atoms with van der Waals surface area (Å²) in [5.41, 5.74) is 1.65. The van der Waals surface area contributed by atoms with Gasteiger partial charge >= 0.3 is 5.97 Å². The molecule has 2 aliphatic rings. The molecule has 0 saturated heterocycles. The largest absolute Gasteiger partial charge is 0.508 e. The number of phenolic OH excluding ortho intramolecular Hbond substituents is 2. The van der Waals surface area contributed by atoms with Crippen LogP contribution in [0.2, 0.25) is 0 Å². The second-order valence-electron chi connectivity index (χ2n) is 6.87. The van der Waals surface area contributed by atoms with Crippen LogP contribution in [0.25, 0.3) is 0 Å². The van der Waals surface area contributed by atoms with Crippen molar-refractivity contribution in [3.8, 4) is 23.0 Å². The molecule has 2 aliphatic heterocycles. The van der Waals surface area contributed by atoms with Crippen LogP contribution in [0.5, 0.6) is 23.0 Å². The van der Waals surface area contributed by atoms with Crippen LogP contribution in [0.15, 0.2) is 53.5 Å². The van der Waals surface area contributed by atoms with Crippen molar-refractivity contribution in [3.63, 3.8) is 0 Å². The molecule has 0 bridgehead atoms. The van der Waals surface area contributed by atoms with Crippen molar-refractivity contribution in [1.82, 2.24) is 0 Å². The summed E-state index contributed by atoms with van der Waals surface area (Å²) in [5, 5.41) is 23.0. The SMILES string of the molecule is O=C1OC2(c3ccc(O)cc3Oc3cc(O)ccc32)c2ccc(N=C=S)c([SiH3])c21. The van der Waals surface area contributed by atoms with Crippen LogP contribution < -0.4 is 9.92 Å². The van der Waals surface area contributed by atoms with Gasteiger partial charge in [-0.3, -0.25) is 0 Å². The average molecular weight is 419 g/mol. The van der Waals surface area contributed by atoms with Crippen LogP contribution in [0.3, 0.4) is 0 Å². The minimum atomic E-state index is -1.25. The van der Waals surface area contributed by atoms with Crippen LogP contribution in [0, 0.1) is 0 Å². The molecular formula is C21H13NO5SSi. The smallest absolute Gasteiger partial charge is 0.340 e. The Morgan fingerprint density at radius 1 is 0.966 bits per heavy atom. The molecule has 2 N–H and O–H groups in total. The standard InChI is InChI=1S/C21H13NO5SSi/c23-10-1-3-12-16(7-10)26-17-8-11(24)2-4-13(17)21(12)14-5-6-15(22-9-28)19(29)18(14)20(25)27-21/h1-8,23-24H,29H3. The number of esters is 1. The summed E-state index contributed by atoms with van der Waals surface area (Å²) >= 11 is 4.72. The highest BCUT2D eigenvalue weighted by molar-refractivity contribution is 7.78. The zero-order valence-corrected chi connectivity index (χ0v) is 17.9. The van der Waals surface area contributed by atoms with Gasteiger partial charge in [-0.1, -0.05) is 6.07 Å². The third kappa shape index (κ3) is 2.31. The van der Waals surface area contributed by atoms with E-state index < -0.39 is 11.6 Å². The predicted molar refractivity (Wildman–Crippen MR) is 112 cm³/mol. The van der Waals surface area contributed by atoms with Crippen molar-refractivity contribution in [3.05, 3.63) is 70.8 Å². The molecule has 8 heteroatoms. The molecule has 29 heavy (non-hydrogen) atoms. The van der Waals surface area contributed by atoms with E-state index in [2.05, 4.69) is 10.2 Å². The summed E-state index contributed by atoms with van der Waals surface area (Å²) in [5.74, 6) is 0.258. The predicted octanol–water partition coefficient (Wildman–Crippen LogP) is 2.39. The molecule has 0 radical (unpaired) electrons. The van der Waals surface area contributed by atoms with E-state index in [9.17, 15) is 15.0 Å². The van der Waals surface area contributed by atoms with Crippen molar-refractivity contribution in [2.24, 2.45) is 4.99 Å². The zero-order chi connectivity index (χ0) is 20.3. The first kappa shape index (κ1) is 17.6. The van der Waals surface area contributed by atoms with Crippen LogP contribution >= 0.6 is 12.2 Å². The van der Waals surface area contributed by atoms with Crippen LogP contribution in [0.4, 0.5) is 5.69 Å². The molecule has 0 amide bonds. The molecule has 6 nitrogen and oxygen atoms in total. The lowest BCUT2D eigenvalue weighted by Crippen LogP contribution is -2.33. The Labute approximate surface area is 173 Å². The lowest BCUT2D eigenvalue weighted by molar-refractivity contribution is 0.0225. The minimum absolute atomic E-state index is 0.0151.